The fourth-order valence-corrected chi connectivity index (χ4v) is 2.16. The van der Waals surface area contributed by atoms with Crippen molar-refractivity contribution in [2.24, 2.45) is 0 Å². The van der Waals surface area contributed by atoms with Crippen LogP contribution in [0, 0.1) is 11.3 Å². The average molecular weight is 350 g/mol. The summed E-state index contributed by atoms with van der Waals surface area (Å²) < 4.78 is 10.5. The quantitative estimate of drug-likeness (QED) is 0.610. The first-order valence-electron chi connectivity index (χ1n) is 7.81. The van der Waals surface area contributed by atoms with Gasteiger partial charge in [0.2, 0.25) is 5.91 Å². The van der Waals surface area contributed by atoms with Gasteiger partial charge in [0.25, 0.3) is 0 Å². The zero-order valence-electron chi connectivity index (χ0n) is 14.5. The smallest absolute Gasteiger partial charge is 0.248 e. The first-order valence-corrected chi connectivity index (χ1v) is 7.81. The van der Waals surface area contributed by atoms with Gasteiger partial charge in [-0.25, -0.2) is 0 Å². The van der Waals surface area contributed by atoms with Gasteiger partial charge in [0.1, 0.15) is 6.07 Å². The van der Waals surface area contributed by atoms with Gasteiger partial charge in [-0.2, -0.15) is 5.26 Å². The highest BCUT2D eigenvalue weighted by atomic mass is 16.5. The number of nitriles is 1. The molecule has 1 amide bonds. The number of benzene rings is 2. The molecule has 2 rings (SSSR count). The maximum Gasteiger partial charge on any atom is 0.248 e. The zero-order valence-corrected chi connectivity index (χ0v) is 14.5. The van der Waals surface area contributed by atoms with Crippen LogP contribution in [0.25, 0.3) is 6.08 Å². The second kappa shape index (κ2) is 9.04. The van der Waals surface area contributed by atoms with E-state index in [9.17, 15) is 9.59 Å². The summed E-state index contributed by atoms with van der Waals surface area (Å²) in [5, 5.41) is 11.3. The second-order valence-electron chi connectivity index (χ2n) is 5.31. The van der Waals surface area contributed by atoms with Crippen molar-refractivity contribution in [3.8, 4) is 17.6 Å². The maximum atomic E-state index is 12.0. The molecular formula is C20H18N2O4. The number of amides is 1. The Hall–Kier alpha value is -3.59. The SMILES string of the molecule is COc1cc(/C=C/C(=O)Nc2ccc(C(C)=O)cc2)ccc1OCC#N. The molecule has 0 fully saturated rings. The number of ketones is 1. The lowest BCUT2D eigenvalue weighted by molar-refractivity contribution is -0.111. The van der Waals surface area contributed by atoms with Crippen molar-refractivity contribution in [3.63, 3.8) is 0 Å². The van der Waals surface area contributed by atoms with E-state index < -0.39 is 0 Å². The predicted molar refractivity (Wildman–Crippen MR) is 98.2 cm³/mol. The minimum absolute atomic E-state index is 0.0288. The van der Waals surface area contributed by atoms with E-state index in [1.54, 1.807) is 48.5 Å². The minimum Gasteiger partial charge on any atom is -0.493 e. The summed E-state index contributed by atoms with van der Waals surface area (Å²) in [6.07, 6.45) is 3.03. The van der Waals surface area contributed by atoms with E-state index >= 15 is 0 Å². The van der Waals surface area contributed by atoms with Crippen LogP contribution in [-0.4, -0.2) is 25.4 Å². The molecule has 0 aliphatic rings. The summed E-state index contributed by atoms with van der Waals surface area (Å²) in [5.41, 5.74) is 1.93. The van der Waals surface area contributed by atoms with Crippen molar-refractivity contribution >= 4 is 23.5 Å². The van der Waals surface area contributed by atoms with Crippen LogP contribution in [0.4, 0.5) is 5.69 Å². The number of rotatable bonds is 7. The van der Waals surface area contributed by atoms with Crippen molar-refractivity contribution in [1.29, 1.82) is 5.26 Å². The normalized spacial score (nSPS) is 10.2. The Kier molecular flexibility index (Phi) is 6.52. The number of carbonyl (C=O) groups excluding carboxylic acids is 2. The highest BCUT2D eigenvalue weighted by Crippen LogP contribution is 2.28. The Morgan fingerprint density at radius 2 is 1.88 bits per heavy atom. The number of nitrogens with one attached hydrogen (secondary N) is 1. The number of hydrogen-bond donors (Lipinski definition) is 1. The average Bonchev–Trinajstić information content (AvgIpc) is 2.65. The van der Waals surface area contributed by atoms with E-state index in [-0.39, 0.29) is 18.3 Å². The van der Waals surface area contributed by atoms with Crippen LogP contribution in [0.3, 0.4) is 0 Å². The summed E-state index contributed by atoms with van der Waals surface area (Å²) in [4.78, 5) is 23.2. The van der Waals surface area contributed by atoms with E-state index in [1.165, 1.54) is 20.1 Å². The molecule has 6 nitrogen and oxygen atoms in total. The molecule has 0 aromatic heterocycles. The molecule has 0 aliphatic carbocycles. The van der Waals surface area contributed by atoms with Gasteiger partial charge < -0.3 is 14.8 Å². The summed E-state index contributed by atoms with van der Waals surface area (Å²) in [7, 11) is 1.50. The summed E-state index contributed by atoms with van der Waals surface area (Å²) in [6.45, 7) is 1.41. The fraction of sp³-hybridized carbons (Fsp3) is 0.150. The Morgan fingerprint density at radius 1 is 1.15 bits per heavy atom. The van der Waals surface area contributed by atoms with Crippen molar-refractivity contribution in [3.05, 3.63) is 59.7 Å². The third-order valence-electron chi connectivity index (χ3n) is 3.47. The standard InChI is InChI=1S/C20H18N2O4/c1-14(23)16-5-7-17(8-6-16)22-20(24)10-4-15-3-9-18(26-12-11-21)19(13-15)25-2/h3-10,13H,12H2,1-2H3,(H,22,24)/b10-4+. The Bertz CT molecular complexity index is 864. The number of methoxy groups -OCH3 is 1. The van der Waals surface area contributed by atoms with E-state index in [2.05, 4.69) is 5.32 Å². The van der Waals surface area contributed by atoms with Gasteiger partial charge >= 0.3 is 0 Å². The number of nitrogens with zero attached hydrogens (tertiary/aromatic N) is 1. The largest absolute Gasteiger partial charge is 0.493 e. The van der Waals surface area contributed by atoms with Crippen LogP contribution in [0.15, 0.2) is 48.5 Å². The fourth-order valence-electron chi connectivity index (χ4n) is 2.16. The van der Waals surface area contributed by atoms with Crippen molar-refractivity contribution in [2.75, 3.05) is 19.0 Å². The van der Waals surface area contributed by atoms with Crippen LogP contribution in [0.2, 0.25) is 0 Å². The molecule has 0 heterocycles. The van der Waals surface area contributed by atoms with Gasteiger partial charge in [0, 0.05) is 17.3 Å². The highest BCUT2D eigenvalue weighted by Gasteiger charge is 2.05. The first kappa shape index (κ1) is 18.7. The van der Waals surface area contributed by atoms with Crippen LogP contribution in [0.1, 0.15) is 22.8 Å². The van der Waals surface area contributed by atoms with Crippen molar-refractivity contribution in [1.82, 2.24) is 0 Å². The number of anilines is 1. The van der Waals surface area contributed by atoms with Gasteiger partial charge in [-0.3, -0.25) is 9.59 Å². The topological polar surface area (TPSA) is 88.4 Å². The predicted octanol–water partition coefficient (Wildman–Crippen LogP) is 3.45. The van der Waals surface area contributed by atoms with E-state index in [0.717, 1.165) is 5.56 Å². The second-order valence-corrected chi connectivity index (χ2v) is 5.31. The molecular weight excluding hydrogens is 332 g/mol. The van der Waals surface area contributed by atoms with Crippen molar-refractivity contribution < 1.29 is 19.1 Å². The molecule has 0 unspecified atom stereocenters. The van der Waals surface area contributed by atoms with Crippen molar-refractivity contribution in [2.45, 2.75) is 6.92 Å². The lowest BCUT2D eigenvalue weighted by Crippen LogP contribution is -2.07. The van der Waals surface area contributed by atoms with Gasteiger partial charge in [0.15, 0.2) is 23.9 Å². The zero-order chi connectivity index (χ0) is 18.9. The lowest BCUT2D eigenvalue weighted by Gasteiger charge is -2.08. The molecule has 0 saturated heterocycles. The third-order valence-corrected chi connectivity index (χ3v) is 3.47. The summed E-state index contributed by atoms with van der Waals surface area (Å²) >= 11 is 0. The molecule has 0 bridgehead atoms. The Morgan fingerprint density at radius 3 is 2.50 bits per heavy atom. The molecule has 26 heavy (non-hydrogen) atoms. The maximum absolute atomic E-state index is 12.0. The number of hydrogen-bond acceptors (Lipinski definition) is 5. The minimum atomic E-state index is -0.302. The molecule has 2 aromatic carbocycles. The number of carbonyl (C=O) groups is 2. The molecule has 132 valence electrons. The third kappa shape index (κ3) is 5.21. The summed E-state index contributed by atoms with van der Waals surface area (Å²) in [6, 6.07) is 13.7. The Balaban J connectivity index is 2.03. The monoisotopic (exact) mass is 350 g/mol. The molecule has 2 aromatic rings. The molecule has 6 heteroatoms. The van der Waals surface area contributed by atoms with E-state index in [0.29, 0.717) is 22.7 Å². The molecule has 0 radical (unpaired) electrons. The molecule has 1 N–H and O–H groups in total. The van der Waals surface area contributed by atoms with Gasteiger partial charge in [0.05, 0.1) is 7.11 Å². The van der Waals surface area contributed by atoms with E-state index in [1.807, 2.05) is 6.07 Å². The van der Waals surface area contributed by atoms with Gasteiger partial charge in [-0.05, 0) is 55.0 Å². The van der Waals surface area contributed by atoms with Gasteiger partial charge in [-0.15, -0.1) is 0 Å². The van der Waals surface area contributed by atoms with Crippen LogP contribution in [-0.2, 0) is 4.79 Å². The van der Waals surface area contributed by atoms with Gasteiger partial charge in [-0.1, -0.05) is 6.07 Å². The number of ether oxygens (including phenoxy) is 2. The number of Topliss-reactive ketones (excluding diaryl/α,β-unsaturated/α-hetero) is 1. The molecule has 0 aliphatic heterocycles. The van der Waals surface area contributed by atoms with E-state index in [4.69, 9.17) is 14.7 Å². The lowest BCUT2D eigenvalue weighted by atomic mass is 10.1. The highest BCUT2D eigenvalue weighted by molar-refractivity contribution is 6.02. The van der Waals surface area contributed by atoms with Crippen LogP contribution in [0.5, 0.6) is 11.5 Å². The van der Waals surface area contributed by atoms with Crippen LogP contribution < -0.4 is 14.8 Å². The Labute approximate surface area is 151 Å². The molecule has 0 spiro atoms. The molecule has 0 atom stereocenters. The summed E-state index contributed by atoms with van der Waals surface area (Å²) in [5.74, 6) is 0.604. The first-order chi connectivity index (χ1) is 12.5. The van der Waals surface area contributed by atoms with Crippen LogP contribution >= 0.6 is 0 Å². The molecule has 0 saturated carbocycles.